The number of benzene rings is 1. The Morgan fingerprint density at radius 1 is 0.462 bits per heavy atom. The van der Waals surface area contributed by atoms with Crippen LogP contribution in [-0.2, 0) is 0 Å². The van der Waals surface area contributed by atoms with E-state index in [9.17, 15) is 0 Å². The van der Waals surface area contributed by atoms with Gasteiger partial charge < -0.3 is 0 Å². The quantitative estimate of drug-likeness (QED) is 0.210. The first-order valence-corrected chi connectivity index (χ1v) is 38.0. The van der Waals surface area contributed by atoms with Crippen molar-refractivity contribution in [2.45, 2.75) is 139 Å². The zero-order chi connectivity index (χ0) is 30.6. The molecule has 0 heterocycles. The van der Waals surface area contributed by atoms with Crippen LogP contribution in [0.1, 0.15) is 32.2 Å². The first kappa shape index (κ1) is 35.4. The topological polar surface area (TPSA) is 0 Å². The molecule has 1 aromatic rings. The summed E-state index contributed by atoms with van der Waals surface area (Å²) in [4.78, 5) is 0. The second-order valence-electron chi connectivity index (χ2n) is 19.0. The van der Waals surface area contributed by atoms with Crippen LogP contribution in [0.4, 0.5) is 0 Å². The molecular weight excluding hydrogens is 581 g/mol. The van der Waals surface area contributed by atoms with E-state index in [0.29, 0.717) is 5.54 Å². The van der Waals surface area contributed by atoms with Gasteiger partial charge in [0.25, 0.3) is 0 Å². The van der Waals surface area contributed by atoms with E-state index in [1.165, 1.54) is 0 Å². The highest BCUT2D eigenvalue weighted by Crippen LogP contribution is 2.44. The molecule has 0 bridgehead atoms. The van der Waals surface area contributed by atoms with Gasteiger partial charge in [0.15, 0.2) is 0 Å². The molecular formula is C32H64Si7. The Kier molecular flexibility index (Phi) is 10.6. The predicted octanol–water partition coefficient (Wildman–Crippen LogP) is 10.4. The summed E-state index contributed by atoms with van der Waals surface area (Å²) in [7, 11) is -7.89. The molecule has 2 radical (unpaired) electrons. The van der Waals surface area contributed by atoms with Crippen molar-refractivity contribution in [2.24, 2.45) is 0 Å². The largest absolute Gasteiger partial charge is 0.0939 e. The molecule has 2 rings (SSSR count). The van der Waals surface area contributed by atoms with Crippen LogP contribution in [0.2, 0.25) is 123 Å². The number of rotatable bonds is 11. The lowest BCUT2D eigenvalue weighted by Gasteiger charge is -2.46. The van der Waals surface area contributed by atoms with Crippen LogP contribution in [0.5, 0.6) is 0 Å². The Balaban J connectivity index is 3.21. The summed E-state index contributed by atoms with van der Waals surface area (Å²) in [6.45, 7) is 48.0. The first-order valence-electron chi connectivity index (χ1n) is 15.5. The van der Waals surface area contributed by atoms with Crippen molar-refractivity contribution in [3.8, 4) is 0 Å². The number of allylic oxidation sites excluding steroid dienone is 4. The highest BCUT2D eigenvalue weighted by Gasteiger charge is 2.46. The van der Waals surface area contributed by atoms with Crippen LogP contribution in [0, 0.1) is 0 Å². The van der Waals surface area contributed by atoms with Gasteiger partial charge in [0, 0.05) is 48.4 Å². The van der Waals surface area contributed by atoms with Crippen molar-refractivity contribution < 1.29 is 0 Å². The fourth-order valence-corrected chi connectivity index (χ4v) is 49.2. The Labute approximate surface area is 253 Å². The van der Waals surface area contributed by atoms with Gasteiger partial charge >= 0.3 is 0 Å². The molecule has 0 aliphatic heterocycles. The van der Waals surface area contributed by atoms with Crippen molar-refractivity contribution in [1.29, 1.82) is 0 Å². The molecule has 1 aliphatic carbocycles. The summed E-state index contributed by atoms with van der Waals surface area (Å²) in [5.74, 6) is 0. The molecule has 0 N–H and O–H groups in total. The fraction of sp³-hybridized carbons (Fsp3) is 0.688. The molecule has 0 spiro atoms. The lowest BCUT2D eigenvalue weighted by atomic mass is 10.1. The van der Waals surface area contributed by atoms with E-state index < -0.39 is 48.4 Å². The van der Waals surface area contributed by atoms with Gasteiger partial charge in [0.2, 0.25) is 0 Å². The van der Waals surface area contributed by atoms with E-state index in [1.54, 1.807) is 5.56 Å². The maximum atomic E-state index is 2.86. The average Bonchev–Trinajstić information content (AvgIpc) is 3.10. The lowest BCUT2D eigenvalue weighted by Crippen LogP contribution is -2.53. The standard InChI is InChI=1S/C32H64Si7/c1-34(2,3)30(35(4,5)6)25-23-27(31(36(7,8)9)37(10,11)12)29(33-26-21-19-20-22-26)28(24-25)32(38(13,14)15)39(16,17)18/h19-24,26,30-32H,1-18H3. The average molecular weight is 645 g/mol. The van der Waals surface area contributed by atoms with Crippen LogP contribution >= 0.6 is 0 Å². The second kappa shape index (κ2) is 11.7. The van der Waals surface area contributed by atoms with Crippen molar-refractivity contribution >= 4 is 63.1 Å². The molecule has 1 aliphatic rings. The predicted molar refractivity (Wildman–Crippen MR) is 202 cm³/mol. The minimum atomic E-state index is -1.47. The Hall–Kier alpha value is 0.218. The van der Waals surface area contributed by atoms with Crippen molar-refractivity contribution in [2.75, 3.05) is 0 Å². The minimum absolute atomic E-state index is 0.575. The normalized spacial score (nSPS) is 16.4. The molecule has 39 heavy (non-hydrogen) atoms. The molecule has 220 valence electrons. The SMILES string of the molecule is C[Si](C)(C)C(c1cc(C([Si](C)(C)C)[Si](C)(C)C)c([Si]C2C=CC=C2)c(C([Si](C)(C)C)[Si](C)(C)C)c1)[Si](C)(C)C. The molecule has 0 saturated carbocycles. The molecule has 0 unspecified atom stereocenters. The van der Waals surface area contributed by atoms with E-state index in [-0.39, 0.29) is 0 Å². The molecule has 0 saturated heterocycles. The molecule has 0 amide bonds. The Morgan fingerprint density at radius 2 is 0.744 bits per heavy atom. The molecule has 7 heteroatoms. The smallest absolute Gasteiger partial charge is 0.0805 e. The third-order valence-corrected chi connectivity index (χ3v) is 37.9. The maximum Gasteiger partial charge on any atom is 0.0939 e. The van der Waals surface area contributed by atoms with E-state index in [1.807, 2.05) is 16.3 Å². The van der Waals surface area contributed by atoms with Gasteiger partial charge in [-0.3, -0.25) is 0 Å². The van der Waals surface area contributed by atoms with Crippen molar-refractivity contribution in [1.82, 2.24) is 0 Å². The molecule has 0 nitrogen and oxygen atoms in total. The summed E-state index contributed by atoms with van der Waals surface area (Å²) in [5.41, 5.74) is 5.99. The third kappa shape index (κ3) is 8.86. The summed E-state index contributed by atoms with van der Waals surface area (Å²) in [5, 5.41) is 4.18. The zero-order valence-corrected chi connectivity index (χ0v) is 36.3. The summed E-state index contributed by atoms with van der Waals surface area (Å²) in [6, 6.07) is 5.73. The van der Waals surface area contributed by atoms with E-state index >= 15 is 0 Å². The fourth-order valence-electron chi connectivity index (χ4n) is 8.96. The summed E-state index contributed by atoms with van der Waals surface area (Å²) < 4.78 is 0. The summed E-state index contributed by atoms with van der Waals surface area (Å²) >= 11 is 0. The third-order valence-electron chi connectivity index (χ3n) is 8.43. The molecule has 1 aromatic carbocycles. The van der Waals surface area contributed by atoms with Gasteiger partial charge in [0.1, 0.15) is 0 Å². The highest BCUT2D eigenvalue weighted by atomic mass is 28.4. The van der Waals surface area contributed by atoms with Gasteiger partial charge in [0.05, 0.1) is 9.52 Å². The van der Waals surface area contributed by atoms with Crippen LogP contribution < -0.4 is 5.19 Å². The van der Waals surface area contributed by atoms with Gasteiger partial charge in [-0.15, -0.1) is 0 Å². The highest BCUT2D eigenvalue weighted by molar-refractivity contribution is 6.98. The van der Waals surface area contributed by atoms with Gasteiger partial charge in [-0.05, 0) is 26.6 Å². The van der Waals surface area contributed by atoms with Crippen molar-refractivity contribution in [3.05, 3.63) is 53.1 Å². The van der Waals surface area contributed by atoms with Crippen LogP contribution in [0.25, 0.3) is 0 Å². The van der Waals surface area contributed by atoms with Crippen LogP contribution in [0.3, 0.4) is 0 Å². The zero-order valence-electron chi connectivity index (χ0n) is 29.3. The van der Waals surface area contributed by atoms with E-state index in [4.69, 9.17) is 0 Å². The Morgan fingerprint density at radius 3 is 1.00 bits per heavy atom. The minimum Gasteiger partial charge on any atom is -0.0805 e. The second-order valence-corrected chi connectivity index (χ2v) is 54.1. The summed E-state index contributed by atoms with van der Waals surface area (Å²) in [6.07, 6.45) is 9.54. The van der Waals surface area contributed by atoms with Crippen molar-refractivity contribution in [3.63, 3.8) is 0 Å². The Bertz CT molecular complexity index is 952. The monoisotopic (exact) mass is 644 g/mol. The van der Waals surface area contributed by atoms with Gasteiger partial charge in [-0.25, -0.2) is 0 Å². The first-order chi connectivity index (χ1) is 17.2. The van der Waals surface area contributed by atoms with Crippen LogP contribution in [0.15, 0.2) is 36.4 Å². The van der Waals surface area contributed by atoms with Crippen LogP contribution in [-0.4, -0.2) is 58.0 Å². The molecule has 0 aromatic heterocycles. The molecule has 0 atom stereocenters. The maximum absolute atomic E-state index is 2.86. The lowest BCUT2D eigenvalue weighted by molar-refractivity contribution is 1.09. The molecule has 0 fully saturated rings. The van der Waals surface area contributed by atoms with Gasteiger partial charge in [-0.2, -0.15) is 0 Å². The number of hydrogen-bond acceptors (Lipinski definition) is 0. The van der Waals surface area contributed by atoms with E-state index in [2.05, 4.69) is 154 Å². The van der Waals surface area contributed by atoms with E-state index in [0.717, 1.165) is 25.0 Å². The number of hydrogen-bond donors (Lipinski definition) is 0. The van der Waals surface area contributed by atoms with Gasteiger partial charge in [-0.1, -0.05) is 171 Å².